The lowest BCUT2D eigenvalue weighted by molar-refractivity contribution is -0.121. The van der Waals surface area contributed by atoms with E-state index in [0.717, 1.165) is 31.2 Å². The summed E-state index contributed by atoms with van der Waals surface area (Å²) < 4.78 is 5.12. The Kier molecular flexibility index (Phi) is 8.24. The molecule has 1 saturated carbocycles. The monoisotopic (exact) mass is 401 g/mol. The van der Waals surface area contributed by atoms with E-state index in [1.807, 2.05) is 24.3 Å². The van der Waals surface area contributed by atoms with E-state index < -0.39 is 11.7 Å². The number of carbonyl (C=O) groups excluding carboxylic acids is 3. The number of hydrogen-bond donors (Lipinski definition) is 3. The number of allylic oxidation sites excluding steroid dienone is 1. The fourth-order valence-electron chi connectivity index (χ4n) is 2.98. The second-order valence-corrected chi connectivity index (χ2v) is 8.15. The predicted octanol–water partition coefficient (Wildman–Crippen LogP) is 3.66. The smallest absolute Gasteiger partial charge is 0.407 e. The summed E-state index contributed by atoms with van der Waals surface area (Å²) >= 11 is 0. The molecule has 7 nitrogen and oxygen atoms in total. The molecular weight excluding hydrogens is 370 g/mol. The molecular formula is C22H31N3O4. The van der Waals surface area contributed by atoms with Gasteiger partial charge in [0.25, 0.3) is 0 Å². The molecule has 0 heterocycles. The fourth-order valence-corrected chi connectivity index (χ4v) is 2.98. The van der Waals surface area contributed by atoms with Gasteiger partial charge in [-0.3, -0.25) is 9.59 Å². The Balaban J connectivity index is 1.72. The van der Waals surface area contributed by atoms with E-state index in [4.69, 9.17) is 4.74 Å². The van der Waals surface area contributed by atoms with E-state index >= 15 is 0 Å². The SMILES string of the molecule is CC(C)(C)OC(=O)NCCC(=O)NCc1cccc(NC(=O)C=C2CCCC2)c1. The lowest BCUT2D eigenvalue weighted by Gasteiger charge is -2.19. The average Bonchev–Trinajstić information content (AvgIpc) is 3.11. The summed E-state index contributed by atoms with van der Waals surface area (Å²) in [6.45, 7) is 5.88. The molecule has 158 valence electrons. The zero-order valence-electron chi connectivity index (χ0n) is 17.5. The highest BCUT2D eigenvalue weighted by Gasteiger charge is 2.16. The molecule has 0 saturated heterocycles. The van der Waals surface area contributed by atoms with Crippen LogP contribution in [0.3, 0.4) is 0 Å². The normalized spacial score (nSPS) is 13.6. The maximum atomic E-state index is 12.1. The van der Waals surface area contributed by atoms with Crippen molar-refractivity contribution in [3.05, 3.63) is 41.5 Å². The average molecular weight is 402 g/mol. The van der Waals surface area contributed by atoms with E-state index in [1.54, 1.807) is 26.8 Å². The third-order valence-corrected chi connectivity index (χ3v) is 4.29. The summed E-state index contributed by atoms with van der Waals surface area (Å²) in [5.41, 5.74) is 2.21. The lowest BCUT2D eigenvalue weighted by Crippen LogP contribution is -2.35. The van der Waals surface area contributed by atoms with Crippen LogP contribution in [0.1, 0.15) is 58.4 Å². The molecule has 0 aromatic heterocycles. The third kappa shape index (κ3) is 9.27. The number of benzene rings is 1. The van der Waals surface area contributed by atoms with Crippen molar-refractivity contribution in [2.45, 2.75) is 65.0 Å². The van der Waals surface area contributed by atoms with E-state index in [2.05, 4.69) is 16.0 Å². The Morgan fingerprint density at radius 1 is 1.10 bits per heavy atom. The van der Waals surface area contributed by atoms with Crippen molar-refractivity contribution in [1.82, 2.24) is 10.6 Å². The molecule has 1 aliphatic carbocycles. The highest BCUT2D eigenvalue weighted by atomic mass is 16.6. The second kappa shape index (κ2) is 10.6. The van der Waals surface area contributed by atoms with Gasteiger partial charge >= 0.3 is 6.09 Å². The zero-order chi connectivity index (χ0) is 21.3. The molecule has 1 aromatic rings. The number of carbonyl (C=O) groups is 3. The van der Waals surface area contributed by atoms with E-state index in [1.165, 1.54) is 5.57 Å². The minimum atomic E-state index is -0.569. The Morgan fingerprint density at radius 2 is 1.83 bits per heavy atom. The molecule has 1 aromatic carbocycles. The molecule has 0 atom stereocenters. The van der Waals surface area contributed by atoms with Gasteiger partial charge in [-0.05, 0) is 64.2 Å². The number of amides is 3. The van der Waals surface area contributed by atoms with Gasteiger partial charge < -0.3 is 20.7 Å². The maximum Gasteiger partial charge on any atom is 0.407 e. The number of ether oxygens (including phenoxy) is 1. The van der Waals surface area contributed by atoms with Gasteiger partial charge in [-0.25, -0.2) is 4.79 Å². The first kappa shape index (κ1) is 22.5. The summed E-state index contributed by atoms with van der Waals surface area (Å²) in [7, 11) is 0. The van der Waals surface area contributed by atoms with E-state index in [0.29, 0.717) is 12.2 Å². The van der Waals surface area contributed by atoms with Gasteiger partial charge in [0.1, 0.15) is 5.60 Å². The van der Waals surface area contributed by atoms with Crippen molar-refractivity contribution in [2.24, 2.45) is 0 Å². The van der Waals surface area contributed by atoms with Crippen LogP contribution in [0, 0.1) is 0 Å². The zero-order valence-corrected chi connectivity index (χ0v) is 17.5. The summed E-state index contributed by atoms with van der Waals surface area (Å²) in [4.78, 5) is 35.6. The van der Waals surface area contributed by atoms with Crippen LogP contribution in [0.2, 0.25) is 0 Å². The van der Waals surface area contributed by atoms with E-state index in [9.17, 15) is 14.4 Å². The van der Waals surface area contributed by atoms with Gasteiger partial charge in [-0.1, -0.05) is 17.7 Å². The standard InChI is InChI=1S/C22H31N3O4/c1-22(2,3)29-21(28)23-12-11-19(26)24-15-17-9-6-10-18(13-17)25-20(27)14-16-7-4-5-8-16/h6,9-10,13-14H,4-5,7-8,11-12,15H2,1-3H3,(H,23,28)(H,24,26)(H,25,27). The van der Waals surface area contributed by atoms with Crippen LogP contribution in [0.15, 0.2) is 35.9 Å². The fraction of sp³-hybridized carbons (Fsp3) is 0.500. The molecule has 3 N–H and O–H groups in total. The number of hydrogen-bond acceptors (Lipinski definition) is 4. The van der Waals surface area contributed by atoms with Crippen LogP contribution < -0.4 is 16.0 Å². The van der Waals surface area contributed by atoms with Crippen LogP contribution in [-0.4, -0.2) is 30.1 Å². The molecule has 1 fully saturated rings. The quantitative estimate of drug-likeness (QED) is 0.608. The van der Waals surface area contributed by atoms with E-state index in [-0.39, 0.29) is 24.8 Å². The third-order valence-electron chi connectivity index (χ3n) is 4.29. The van der Waals surface area contributed by atoms with Gasteiger partial charge in [-0.15, -0.1) is 0 Å². The summed E-state index contributed by atoms with van der Waals surface area (Å²) in [5.74, 6) is -0.294. The van der Waals surface area contributed by atoms with Crippen LogP contribution in [0.5, 0.6) is 0 Å². The van der Waals surface area contributed by atoms with Crippen LogP contribution in [0.4, 0.5) is 10.5 Å². The Morgan fingerprint density at radius 3 is 2.52 bits per heavy atom. The molecule has 7 heteroatoms. The number of rotatable bonds is 7. The molecule has 0 spiro atoms. The Labute approximate surface area is 172 Å². The van der Waals surface area contributed by atoms with Gasteiger partial charge in [0.2, 0.25) is 11.8 Å². The van der Waals surface area contributed by atoms with Crippen molar-refractivity contribution in [2.75, 3.05) is 11.9 Å². The van der Waals surface area contributed by atoms with Crippen molar-refractivity contribution >= 4 is 23.6 Å². The van der Waals surface area contributed by atoms with Crippen LogP contribution >= 0.6 is 0 Å². The first-order valence-electron chi connectivity index (χ1n) is 10.0. The molecule has 3 amide bonds. The minimum absolute atomic E-state index is 0.115. The molecule has 0 unspecified atom stereocenters. The van der Waals surface area contributed by atoms with Gasteiger partial charge in [-0.2, -0.15) is 0 Å². The molecule has 29 heavy (non-hydrogen) atoms. The lowest BCUT2D eigenvalue weighted by atomic mass is 10.2. The Hall–Kier alpha value is -2.83. The first-order valence-corrected chi connectivity index (χ1v) is 10.0. The number of anilines is 1. The predicted molar refractivity (Wildman–Crippen MR) is 112 cm³/mol. The van der Waals surface area contributed by atoms with Crippen LogP contribution in [-0.2, 0) is 20.9 Å². The minimum Gasteiger partial charge on any atom is -0.444 e. The van der Waals surface area contributed by atoms with Gasteiger partial charge in [0.05, 0.1) is 0 Å². The summed E-state index contributed by atoms with van der Waals surface area (Å²) in [5, 5.41) is 8.23. The second-order valence-electron chi connectivity index (χ2n) is 8.15. The molecule has 0 aliphatic heterocycles. The summed E-state index contributed by atoms with van der Waals surface area (Å²) in [6.07, 6.45) is 5.62. The highest BCUT2D eigenvalue weighted by Crippen LogP contribution is 2.23. The number of nitrogens with one attached hydrogen (secondary N) is 3. The Bertz CT molecular complexity index is 758. The summed E-state index contributed by atoms with van der Waals surface area (Å²) in [6, 6.07) is 7.37. The maximum absolute atomic E-state index is 12.1. The largest absolute Gasteiger partial charge is 0.444 e. The van der Waals surface area contributed by atoms with Crippen molar-refractivity contribution in [1.29, 1.82) is 0 Å². The van der Waals surface area contributed by atoms with Crippen molar-refractivity contribution in [3.8, 4) is 0 Å². The molecule has 0 radical (unpaired) electrons. The van der Waals surface area contributed by atoms with Crippen molar-refractivity contribution in [3.63, 3.8) is 0 Å². The molecule has 1 aliphatic rings. The van der Waals surface area contributed by atoms with Crippen LogP contribution in [0.25, 0.3) is 0 Å². The van der Waals surface area contributed by atoms with Gasteiger partial charge in [0, 0.05) is 31.3 Å². The molecule has 2 rings (SSSR count). The van der Waals surface area contributed by atoms with Gasteiger partial charge in [0.15, 0.2) is 0 Å². The molecule has 0 bridgehead atoms. The first-order chi connectivity index (χ1) is 13.7. The highest BCUT2D eigenvalue weighted by molar-refractivity contribution is 5.99. The topological polar surface area (TPSA) is 96.5 Å². The van der Waals surface area contributed by atoms with Crippen molar-refractivity contribution < 1.29 is 19.1 Å². The number of alkyl carbamates (subject to hydrolysis) is 1.